The van der Waals surface area contributed by atoms with Crippen molar-refractivity contribution in [2.45, 2.75) is 19.1 Å². The molecule has 1 amide bonds. The Kier molecular flexibility index (Phi) is 4.07. The van der Waals surface area contributed by atoms with Crippen LogP contribution in [0.15, 0.2) is 22.6 Å². The molecule has 9 heteroatoms. The Morgan fingerprint density at radius 3 is 2.90 bits per heavy atom. The quantitative estimate of drug-likeness (QED) is 0.931. The van der Waals surface area contributed by atoms with Crippen molar-refractivity contribution >= 4 is 27.5 Å². The predicted molar refractivity (Wildman–Crippen MR) is 67.6 cm³/mol. The van der Waals surface area contributed by atoms with Crippen LogP contribution in [0, 0.1) is 0 Å². The largest absolute Gasteiger partial charge is 0.405 e. The lowest BCUT2D eigenvalue weighted by molar-refractivity contribution is -0.138. The Morgan fingerprint density at radius 2 is 2.20 bits per heavy atom. The first-order valence-electron chi connectivity index (χ1n) is 5.63. The van der Waals surface area contributed by atoms with Crippen LogP contribution < -0.4 is 10.9 Å². The number of halogens is 3. The minimum Gasteiger partial charge on any atom is -0.347 e. The standard InChI is InChI=1S/C11H10F3N3O2S/c12-11(13,14)5-15-8(18)1-3-17-6-16-9-7(10(17)19)2-4-20-9/h2,4,6H,1,3,5H2,(H,15,18). The molecule has 2 aromatic rings. The molecule has 0 radical (unpaired) electrons. The Balaban J connectivity index is 1.97. The number of carbonyl (C=O) groups is 1. The monoisotopic (exact) mass is 305 g/mol. The molecule has 0 unspecified atom stereocenters. The summed E-state index contributed by atoms with van der Waals surface area (Å²) in [5, 5.41) is 3.91. The number of hydrogen-bond donors (Lipinski definition) is 1. The fourth-order valence-electron chi connectivity index (χ4n) is 1.56. The zero-order valence-corrected chi connectivity index (χ0v) is 10.9. The molecule has 0 saturated heterocycles. The minimum atomic E-state index is -4.44. The van der Waals surface area contributed by atoms with E-state index in [1.165, 1.54) is 22.2 Å². The summed E-state index contributed by atoms with van der Waals surface area (Å²) in [6, 6.07) is 1.62. The number of carbonyl (C=O) groups excluding carboxylic acids is 1. The summed E-state index contributed by atoms with van der Waals surface area (Å²) in [7, 11) is 0. The fourth-order valence-corrected chi connectivity index (χ4v) is 2.29. The SMILES string of the molecule is O=C(CCn1cnc2sccc2c1=O)NCC(F)(F)F. The maximum Gasteiger partial charge on any atom is 0.405 e. The van der Waals surface area contributed by atoms with E-state index < -0.39 is 18.6 Å². The van der Waals surface area contributed by atoms with Crippen LogP contribution in [0.5, 0.6) is 0 Å². The first-order valence-corrected chi connectivity index (χ1v) is 6.51. The average Bonchev–Trinajstić information content (AvgIpc) is 2.84. The van der Waals surface area contributed by atoms with E-state index in [1.54, 1.807) is 16.8 Å². The first kappa shape index (κ1) is 14.5. The van der Waals surface area contributed by atoms with Gasteiger partial charge < -0.3 is 5.32 Å². The second-order valence-electron chi connectivity index (χ2n) is 4.02. The summed E-state index contributed by atoms with van der Waals surface area (Å²) in [5.41, 5.74) is -0.306. The third kappa shape index (κ3) is 3.56. The minimum absolute atomic E-state index is 0.0126. The van der Waals surface area contributed by atoms with Crippen LogP contribution in [0.1, 0.15) is 6.42 Å². The molecule has 0 spiro atoms. The van der Waals surface area contributed by atoms with Gasteiger partial charge in [-0.25, -0.2) is 4.98 Å². The Hall–Kier alpha value is -1.90. The van der Waals surface area contributed by atoms with Gasteiger partial charge in [0.25, 0.3) is 5.56 Å². The summed E-state index contributed by atoms with van der Waals surface area (Å²) >= 11 is 1.32. The number of fused-ring (bicyclic) bond motifs is 1. The van der Waals surface area contributed by atoms with E-state index in [9.17, 15) is 22.8 Å². The van der Waals surface area contributed by atoms with Gasteiger partial charge in [0.05, 0.1) is 11.7 Å². The van der Waals surface area contributed by atoms with E-state index in [-0.39, 0.29) is 18.5 Å². The highest BCUT2D eigenvalue weighted by Crippen LogP contribution is 2.13. The van der Waals surface area contributed by atoms with Crippen molar-refractivity contribution in [1.29, 1.82) is 0 Å². The number of amides is 1. The van der Waals surface area contributed by atoms with E-state index in [1.807, 2.05) is 0 Å². The van der Waals surface area contributed by atoms with Gasteiger partial charge in [-0.3, -0.25) is 14.2 Å². The summed E-state index contributed by atoms with van der Waals surface area (Å²) in [6.45, 7) is -1.39. The van der Waals surface area contributed by atoms with E-state index in [2.05, 4.69) is 4.98 Å². The van der Waals surface area contributed by atoms with Crippen LogP contribution in [0.25, 0.3) is 10.2 Å². The van der Waals surface area contributed by atoms with Crippen molar-refractivity contribution < 1.29 is 18.0 Å². The van der Waals surface area contributed by atoms with Gasteiger partial charge >= 0.3 is 6.18 Å². The van der Waals surface area contributed by atoms with Crippen molar-refractivity contribution in [2.75, 3.05) is 6.54 Å². The summed E-state index contributed by atoms with van der Waals surface area (Å²) in [6.07, 6.45) is -3.37. The molecule has 0 bridgehead atoms. The maximum absolute atomic E-state index is 11.9. The smallest absolute Gasteiger partial charge is 0.347 e. The normalized spacial score (nSPS) is 11.8. The number of aryl methyl sites for hydroxylation is 1. The molecule has 2 rings (SSSR count). The van der Waals surface area contributed by atoms with E-state index in [0.29, 0.717) is 10.2 Å². The molecule has 1 N–H and O–H groups in total. The zero-order valence-electron chi connectivity index (χ0n) is 10.1. The summed E-state index contributed by atoms with van der Waals surface area (Å²) in [5.74, 6) is -0.764. The van der Waals surface area contributed by atoms with Crippen LogP contribution in [0.3, 0.4) is 0 Å². The molecule has 2 heterocycles. The van der Waals surface area contributed by atoms with Gasteiger partial charge in [0.1, 0.15) is 11.4 Å². The Morgan fingerprint density at radius 1 is 1.45 bits per heavy atom. The molecule has 2 aromatic heterocycles. The lowest BCUT2D eigenvalue weighted by Gasteiger charge is -2.09. The molecular weight excluding hydrogens is 295 g/mol. The Labute approximate surface area is 115 Å². The first-order chi connectivity index (χ1) is 9.37. The second-order valence-corrected chi connectivity index (χ2v) is 4.92. The molecule has 5 nitrogen and oxygen atoms in total. The summed E-state index contributed by atoms with van der Waals surface area (Å²) in [4.78, 5) is 27.8. The van der Waals surface area contributed by atoms with Gasteiger partial charge in [0, 0.05) is 13.0 Å². The average molecular weight is 305 g/mol. The molecule has 0 fully saturated rings. The van der Waals surface area contributed by atoms with Gasteiger partial charge in [-0.1, -0.05) is 0 Å². The van der Waals surface area contributed by atoms with Crippen molar-refractivity contribution in [1.82, 2.24) is 14.9 Å². The molecular formula is C11H10F3N3O2S. The number of thiophene rings is 1. The van der Waals surface area contributed by atoms with Crippen molar-refractivity contribution in [3.05, 3.63) is 28.1 Å². The van der Waals surface area contributed by atoms with Crippen LogP contribution >= 0.6 is 11.3 Å². The van der Waals surface area contributed by atoms with Crippen LogP contribution in [-0.4, -0.2) is 28.2 Å². The predicted octanol–water partition coefficient (Wildman–Crippen LogP) is 1.53. The Bertz CT molecular complexity index is 677. The number of alkyl halides is 3. The van der Waals surface area contributed by atoms with Crippen molar-refractivity contribution in [2.24, 2.45) is 0 Å². The molecule has 0 aliphatic rings. The fraction of sp³-hybridized carbons (Fsp3) is 0.364. The number of nitrogens with one attached hydrogen (secondary N) is 1. The molecule has 108 valence electrons. The molecule has 20 heavy (non-hydrogen) atoms. The molecule has 0 aliphatic heterocycles. The van der Waals surface area contributed by atoms with E-state index in [0.717, 1.165) is 0 Å². The van der Waals surface area contributed by atoms with Gasteiger partial charge in [0.15, 0.2) is 0 Å². The van der Waals surface area contributed by atoms with Crippen LogP contribution in [0.2, 0.25) is 0 Å². The van der Waals surface area contributed by atoms with Gasteiger partial charge in [-0.05, 0) is 11.4 Å². The van der Waals surface area contributed by atoms with Crippen LogP contribution in [-0.2, 0) is 11.3 Å². The number of rotatable bonds is 4. The highest BCUT2D eigenvalue weighted by molar-refractivity contribution is 7.16. The van der Waals surface area contributed by atoms with Gasteiger partial charge in [-0.15, -0.1) is 11.3 Å². The highest BCUT2D eigenvalue weighted by Gasteiger charge is 2.27. The van der Waals surface area contributed by atoms with Crippen molar-refractivity contribution in [3.63, 3.8) is 0 Å². The number of nitrogens with zero attached hydrogens (tertiary/aromatic N) is 2. The summed E-state index contributed by atoms with van der Waals surface area (Å²) < 4.78 is 36.9. The third-order valence-corrected chi connectivity index (χ3v) is 3.34. The van der Waals surface area contributed by atoms with Crippen molar-refractivity contribution in [3.8, 4) is 0 Å². The molecule has 0 aliphatic carbocycles. The van der Waals surface area contributed by atoms with Gasteiger partial charge in [0.2, 0.25) is 5.91 Å². The topological polar surface area (TPSA) is 64.0 Å². The van der Waals surface area contributed by atoms with E-state index in [4.69, 9.17) is 0 Å². The van der Waals surface area contributed by atoms with Gasteiger partial charge in [-0.2, -0.15) is 13.2 Å². The number of aromatic nitrogens is 2. The lowest BCUT2D eigenvalue weighted by Crippen LogP contribution is -2.34. The zero-order chi connectivity index (χ0) is 14.8. The second kappa shape index (κ2) is 5.61. The third-order valence-electron chi connectivity index (χ3n) is 2.52. The number of hydrogen-bond acceptors (Lipinski definition) is 4. The van der Waals surface area contributed by atoms with E-state index >= 15 is 0 Å². The highest BCUT2D eigenvalue weighted by atomic mass is 32.1. The lowest BCUT2D eigenvalue weighted by atomic mass is 10.3. The maximum atomic E-state index is 11.9. The molecule has 0 atom stereocenters. The van der Waals surface area contributed by atoms with Crippen LogP contribution in [0.4, 0.5) is 13.2 Å². The molecule has 0 aromatic carbocycles. The molecule has 0 saturated carbocycles.